The third-order valence-corrected chi connectivity index (χ3v) is 11.0. The highest BCUT2D eigenvalue weighted by Crippen LogP contribution is 2.56. The molecule has 3 aromatic rings. The minimum absolute atomic E-state index is 0.0147. The van der Waals surface area contributed by atoms with Crippen LogP contribution in [-0.4, -0.2) is 28.2 Å². The summed E-state index contributed by atoms with van der Waals surface area (Å²) in [6.45, 7) is 7.22. The fourth-order valence-corrected chi connectivity index (χ4v) is 8.40. The largest absolute Gasteiger partial charge is 0.493 e. The van der Waals surface area contributed by atoms with Gasteiger partial charge in [-0.3, -0.25) is 4.98 Å². The Kier molecular flexibility index (Phi) is 7.99. The van der Waals surface area contributed by atoms with Crippen LogP contribution in [-0.2, 0) is 23.1 Å². The van der Waals surface area contributed by atoms with Crippen molar-refractivity contribution in [2.45, 2.75) is 95.4 Å². The molecule has 5 nitrogen and oxygen atoms in total. The Hall–Kier alpha value is -3.05. The molecule has 6 rings (SSSR count). The van der Waals surface area contributed by atoms with Gasteiger partial charge in [0.05, 0.1) is 6.61 Å². The van der Waals surface area contributed by atoms with Gasteiger partial charge in [0, 0.05) is 28.2 Å². The van der Waals surface area contributed by atoms with Gasteiger partial charge in [0.25, 0.3) is 0 Å². The third-order valence-electron chi connectivity index (χ3n) is 10.6. The summed E-state index contributed by atoms with van der Waals surface area (Å²) < 4.78 is 6.51. The number of benzene rings is 2. The maximum atomic E-state index is 12.8. The Balaban J connectivity index is 1.20. The van der Waals surface area contributed by atoms with Crippen LogP contribution in [0.3, 0.4) is 0 Å². The highest BCUT2D eigenvalue weighted by atomic mass is 35.5. The number of carboxylic acids is 1. The first kappa shape index (κ1) is 29.0. The summed E-state index contributed by atoms with van der Waals surface area (Å²) in [5.74, 6) is 1.55. The number of pyridine rings is 1. The van der Waals surface area contributed by atoms with Gasteiger partial charge in [0.1, 0.15) is 11.3 Å². The van der Waals surface area contributed by atoms with Gasteiger partial charge in [-0.2, -0.15) is 0 Å². The van der Waals surface area contributed by atoms with Crippen molar-refractivity contribution in [1.29, 1.82) is 0 Å². The van der Waals surface area contributed by atoms with Crippen LogP contribution < -0.4 is 10.1 Å². The van der Waals surface area contributed by atoms with Gasteiger partial charge in [-0.15, -0.1) is 0 Å². The number of aromatic nitrogens is 1. The number of carbonyl (C=O) groups is 1. The van der Waals surface area contributed by atoms with Crippen LogP contribution in [0.1, 0.15) is 92.7 Å². The molecule has 0 saturated heterocycles. The average Bonchev–Trinajstić information content (AvgIpc) is 3.27. The molecule has 0 amide bonds. The van der Waals surface area contributed by atoms with Crippen molar-refractivity contribution in [3.8, 4) is 5.75 Å². The van der Waals surface area contributed by atoms with Crippen molar-refractivity contribution in [2.24, 2.45) is 11.8 Å². The van der Waals surface area contributed by atoms with Gasteiger partial charge in [0.2, 0.25) is 0 Å². The van der Waals surface area contributed by atoms with Crippen molar-refractivity contribution in [2.75, 3.05) is 11.9 Å². The Labute approximate surface area is 255 Å². The molecule has 3 atom stereocenters. The molecule has 0 bridgehead atoms. The molecular weight excluding hydrogens is 544 g/mol. The van der Waals surface area contributed by atoms with Gasteiger partial charge in [-0.05, 0) is 123 Å². The topological polar surface area (TPSA) is 71.5 Å². The second-order valence-corrected chi connectivity index (χ2v) is 13.7. The summed E-state index contributed by atoms with van der Waals surface area (Å²) in [5.41, 5.74) is 6.04. The minimum atomic E-state index is -1.01. The summed E-state index contributed by atoms with van der Waals surface area (Å²) in [7, 11) is 0. The number of anilines is 1. The molecule has 1 fully saturated rings. The van der Waals surface area contributed by atoms with Crippen molar-refractivity contribution in [3.63, 3.8) is 0 Å². The van der Waals surface area contributed by atoms with E-state index < -0.39 is 11.5 Å². The number of carboxylic acid groups (broad SMARTS) is 1. The van der Waals surface area contributed by atoms with Crippen LogP contribution in [0.5, 0.6) is 5.75 Å². The Bertz CT molecular complexity index is 1460. The van der Waals surface area contributed by atoms with E-state index in [-0.39, 0.29) is 5.41 Å². The summed E-state index contributed by atoms with van der Waals surface area (Å²) in [4.78, 5) is 17.5. The third kappa shape index (κ3) is 5.19. The van der Waals surface area contributed by atoms with Gasteiger partial charge in [-0.1, -0.05) is 55.8 Å². The quantitative estimate of drug-likeness (QED) is 0.277. The molecule has 1 spiro atoms. The SMILES string of the molecule is Cc1c(Cl)cccc1NC1(C(=O)O)CCC2(CC1)c1ccccc1C[C@@H]2C[C@@H](C)COc1ccnc2c1[C@H](C)CCC2. The molecule has 1 aromatic heterocycles. The highest BCUT2D eigenvalue weighted by molar-refractivity contribution is 6.31. The fraction of sp³-hybridized carbons (Fsp3) is 0.500. The van der Waals surface area contributed by atoms with Gasteiger partial charge in [0.15, 0.2) is 0 Å². The Morgan fingerprint density at radius 2 is 1.93 bits per heavy atom. The summed E-state index contributed by atoms with van der Waals surface area (Å²) >= 11 is 6.38. The Morgan fingerprint density at radius 3 is 2.71 bits per heavy atom. The van der Waals surface area contributed by atoms with E-state index in [2.05, 4.69) is 48.4 Å². The minimum Gasteiger partial charge on any atom is -0.493 e. The van der Waals surface area contributed by atoms with E-state index in [1.54, 1.807) is 0 Å². The second kappa shape index (κ2) is 11.6. The number of rotatable bonds is 8. The molecule has 222 valence electrons. The maximum Gasteiger partial charge on any atom is 0.329 e. The lowest BCUT2D eigenvalue weighted by atomic mass is 9.59. The summed E-state index contributed by atoms with van der Waals surface area (Å²) in [6, 6.07) is 16.6. The smallest absolute Gasteiger partial charge is 0.329 e. The van der Waals surface area contributed by atoms with Crippen LogP contribution >= 0.6 is 11.6 Å². The van der Waals surface area contributed by atoms with E-state index in [1.165, 1.54) is 35.2 Å². The number of ether oxygens (including phenoxy) is 1. The normalized spacial score (nSPS) is 27.2. The lowest BCUT2D eigenvalue weighted by molar-refractivity contribution is -0.144. The number of nitrogens with one attached hydrogen (secondary N) is 1. The number of aryl methyl sites for hydroxylation is 1. The predicted octanol–water partition coefficient (Wildman–Crippen LogP) is 8.51. The lowest BCUT2D eigenvalue weighted by Crippen LogP contribution is -2.53. The molecule has 0 radical (unpaired) electrons. The van der Waals surface area contributed by atoms with E-state index in [4.69, 9.17) is 16.3 Å². The van der Waals surface area contributed by atoms with Crippen molar-refractivity contribution in [3.05, 3.63) is 87.7 Å². The van der Waals surface area contributed by atoms with E-state index >= 15 is 0 Å². The van der Waals surface area contributed by atoms with E-state index in [1.807, 2.05) is 37.4 Å². The standard InChI is InChI=1S/C36H43ClN2O3/c1-23(22-42-32-14-19-38-31-13-6-8-24(2)33(31)32)20-27-21-26-9-4-5-10-28(26)35(27)15-17-36(18-16-35,34(40)41)39-30-12-7-11-29(37)25(30)3/h4-5,7,9-12,14,19,23-24,27,39H,6,8,13,15-18,20-22H2,1-3H3,(H,40,41)/t23-,24-,27+,35?,36?/m1/s1. The summed E-state index contributed by atoms with van der Waals surface area (Å²) in [6.07, 6.45) is 10.3. The Morgan fingerprint density at radius 1 is 1.14 bits per heavy atom. The first-order valence-corrected chi connectivity index (χ1v) is 16.1. The van der Waals surface area contributed by atoms with Crippen LogP contribution in [0, 0.1) is 18.8 Å². The molecule has 42 heavy (non-hydrogen) atoms. The molecule has 3 aliphatic carbocycles. The monoisotopic (exact) mass is 586 g/mol. The van der Waals surface area contributed by atoms with E-state index in [0.717, 1.165) is 49.1 Å². The molecule has 2 aromatic carbocycles. The molecule has 3 aliphatic rings. The molecule has 0 unspecified atom stereocenters. The van der Waals surface area contributed by atoms with Crippen molar-refractivity contribution in [1.82, 2.24) is 4.98 Å². The number of nitrogens with zero attached hydrogens (tertiary/aromatic N) is 1. The van der Waals surface area contributed by atoms with Crippen molar-refractivity contribution < 1.29 is 14.6 Å². The first-order chi connectivity index (χ1) is 20.2. The molecule has 1 saturated carbocycles. The van der Waals surface area contributed by atoms with Crippen molar-refractivity contribution >= 4 is 23.3 Å². The predicted molar refractivity (Wildman–Crippen MR) is 169 cm³/mol. The van der Waals surface area contributed by atoms with Crippen LogP contribution in [0.4, 0.5) is 5.69 Å². The zero-order valence-corrected chi connectivity index (χ0v) is 25.8. The van der Waals surface area contributed by atoms with Crippen LogP contribution in [0.2, 0.25) is 5.02 Å². The van der Waals surface area contributed by atoms with Crippen LogP contribution in [0.15, 0.2) is 54.7 Å². The van der Waals surface area contributed by atoms with E-state index in [9.17, 15) is 9.90 Å². The average molecular weight is 587 g/mol. The molecule has 6 heteroatoms. The molecule has 1 heterocycles. The zero-order valence-electron chi connectivity index (χ0n) is 25.1. The first-order valence-electron chi connectivity index (χ1n) is 15.7. The molecule has 0 aliphatic heterocycles. The van der Waals surface area contributed by atoms with Gasteiger partial charge in [-0.25, -0.2) is 4.79 Å². The molecule has 2 N–H and O–H groups in total. The van der Waals surface area contributed by atoms with E-state index in [0.29, 0.717) is 42.2 Å². The number of aliphatic carboxylic acids is 1. The van der Waals surface area contributed by atoms with Gasteiger partial charge >= 0.3 is 5.97 Å². The lowest BCUT2D eigenvalue weighted by Gasteiger charge is -2.47. The summed E-state index contributed by atoms with van der Waals surface area (Å²) in [5, 5.41) is 14.6. The highest BCUT2D eigenvalue weighted by Gasteiger charge is 2.54. The fourth-order valence-electron chi connectivity index (χ4n) is 8.22. The van der Waals surface area contributed by atoms with Gasteiger partial charge < -0.3 is 15.2 Å². The number of hydrogen-bond donors (Lipinski definition) is 2. The maximum absolute atomic E-state index is 12.8. The number of fused-ring (bicyclic) bond motifs is 3. The number of halogens is 1. The molecular formula is C36H43ClN2O3. The number of hydrogen-bond acceptors (Lipinski definition) is 4. The zero-order chi connectivity index (χ0) is 29.5. The van der Waals surface area contributed by atoms with Crippen LogP contribution in [0.25, 0.3) is 0 Å². The second-order valence-electron chi connectivity index (χ2n) is 13.3.